The Balaban J connectivity index is 3.26. The van der Waals surface area contributed by atoms with Crippen LogP contribution in [0.5, 0.6) is 0 Å². The van der Waals surface area contributed by atoms with Crippen molar-refractivity contribution in [1.82, 2.24) is 4.53 Å². The molecule has 0 bridgehead atoms. The van der Waals surface area contributed by atoms with Crippen molar-refractivity contribution in [2.24, 2.45) is 0 Å². The molecule has 0 aromatic heterocycles. The summed E-state index contributed by atoms with van der Waals surface area (Å²) in [5.74, 6) is 0. The third kappa shape index (κ3) is 1.78. The zero-order valence-corrected chi connectivity index (χ0v) is 3.84. The number of nitrogens with zero attached hydrogens (tertiary/aromatic N) is 2. The van der Waals surface area contributed by atoms with Gasteiger partial charge in [0.15, 0.2) is 5.03 Å². The molecule has 0 aliphatic rings. The van der Waals surface area contributed by atoms with Crippen LogP contribution in [0.2, 0.25) is 0 Å². The molecule has 0 atom stereocenters. The van der Waals surface area contributed by atoms with Gasteiger partial charge in [0.25, 0.3) is 0 Å². The van der Waals surface area contributed by atoms with Gasteiger partial charge in [-0.3, -0.25) is 0 Å². The molecule has 0 aliphatic heterocycles. The lowest BCUT2D eigenvalue weighted by atomic mass is 11.5. The van der Waals surface area contributed by atoms with Crippen molar-refractivity contribution in [2.75, 3.05) is 7.05 Å². The van der Waals surface area contributed by atoms with E-state index >= 15 is 0 Å². The summed E-state index contributed by atoms with van der Waals surface area (Å²) < 4.78 is 0.361. The molecule has 6 heavy (non-hydrogen) atoms. The van der Waals surface area contributed by atoms with Crippen molar-refractivity contribution in [1.29, 1.82) is 0 Å². The first-order valence-electron chi connectivity index (χ1n) is 1.18. The SMILES string of the molecule is CN(Cl)[N+](=O)[O-]. The molecule has 0 N–H and O–H groups in total. The quantitative estimate of drug-likeness (QED) is 0.276. The van der Waals surface area contributed by atoms with Crippen molar-refractivity contribution in [2.45, 2.75) is 0 Å². The molecule has 0 saturated heterocycles. The van der Waals surface area contributed by atoms with E-state index in [4.69, 9.17) is 11.8 Å². The van der Waals surface area contributed by atoms with E-state index in [1.807, 2.05) is 0 Å². The molecule has 0 saturated carbocycles. The van der Waals surface area contributed by atoms with Gasteiger partial charge in [0.05, 0.1) is 18.8 Å². The van der Waals surface area contributed by atoms with E-state index < -0.39 is 5.03 Å². The summed E-state index contributed by atoms with van der Waals surface area (Å²) in [6.07, 6.45) is 0. The van der Waals surface area contributed by atoms with Gasteiger partial charge in [-0.05, 0) is 4.53 Å². The normalized spacial score (nSPS) is 7.67. The fraction of sp³-hybridized carbons (Fsp3) is 1.00. The van der Waals surface area contributed by atoms with E-state index in [9.17, 15) is 10.1 Å². The minimum atomic E-state index is -0.735. The molecular formula is CH3ClN2O2. The monoisotopic (exact) mass is 110 g/mol. The highest BCUT2D eigenvalue weighted by atomic mass is 35.5. The van der Waals surface area contributed by atoms with Gasteiger partial charge in [0.2, 0.25) is 0 Å². The van der Waals surface area contributed by atoms with Crippen LogP contribution in [-0.4, -0.2) is 16.6 Å². The van der Waals surface area contributed by atoms with Crippen LogP contribution in [0.25, 0.3) is 0 Å². The molecule has 0 aromatic carbocycles. The number of hydrogen-bond acceptors (Lipinski definition) is 2. The summed E-state index contributed by atoms with van der Waals surface area (Å²) in [7, 11) is 1.14. The molecule has 0 unspecified atom stereocenters. The van der Waals surface area contributed by atoms with Gasteiger partial charge in [-0.1, -0.05) is 0 Å². The number of hydrogen-bond donors (Lipinski definition) is 0. The smallest absolute Gasteiger partial charge is 0.176 e. The second-order valence-corrected chi connectivity index (χ2v) is 1.17. The van der Waals surface area contributed by atoms with Gasteiger partial charge < -0.3 is 0 Å². The Kier molecular flexibility index (Phi) is 1.66. The Bertz CT molecular complexity index is 62.6. The van der Waals surface area contributed by atoms with E-state index in [0.717, 1.165) is 7.05 Å². The molecular weight excluding hydrogens is 107 g/mol. The molecule has 0 rings (SSSR count). The highest BCUT2D eigenvalue weighted by Gasteiger charge is 1.95. The molecule has 0 aromatic rings. The number of halogens is 1. The summed E-state index contributed by atoms with van der Waals surface area (Å²) in [4.78, 5) is 9.30. The zero-order valence-electron chi connectivity index (χ0n) is 3.09. The van der Waals surface area contributed by atoms with Crippen molar-refractivity contribution in [3.63, 3.8) is 0 Å². The maximum absolute atomic E-state index is 9.30. The predicted octanol–water partition coefficient (Wildman–Crippen LogP) is 0.264. The Morgan fingerprint density at radius 1 is 2.00 bits per heavy atom. The number of hydrazine groups is 1. The standard InChI is InChI=1S/CH3ClN2O2/c1-3(2)4(5)6/h1H3. The number of nitro groups is 1. The van der Waals surface area contributed by atoms with E-state index in [2.05, 4.69) is 0 Å². The van der Waals surface area contributed by atoms with Crippen LogP contribution in [-0.2, 0) is 0 Å². The van der Waals surface area contributed by atoms with E-state index in [-0.39, 0.29) is 0 Å². The highest BCUT2D eigenvalue weighted by molar-refractivity contribution is 6.12. The first-order valence-corrected chi connectivity index (χ1v) is 1.52. The molecule has 0 amide bonds. The Labute approximate surface area is 39.5 Å². The third-order valence-corrected chi connectivity index (χ3v) is 0.348. The second-order valence-electron chi connectivity index (χ2n) is 0.682. The summed E-state index contributed by atoms with van der Waals surface area (Å²) in [6, 6.07) is 0. The fourth-order valence-electron chi connectivity index (χ4n) is 0. The minimum Gasteiger partial charge on any atom is -0.234 e. The van der Waals surface area contributed by atoms with Crippen molar-refractivity contribution >= 4 is 11.8 Å². The lowest BCUT2D eigenvalue weighted by molar-refractivity contribution is -0.615. The third-order valence-electron chi connectivity index (χ3n) is 0.225. The average Bonchev–Trinajstić information content (AvgIpc) is 1.36. The maximum Gasteiger partial charge on any atom is 0.176 e. The number of rotatable bonds is 1. The minimum absolute atomic E-state index is 0.361. The summed E-state index contributed by atoms with van der Waals surface area (Å²) in [6.45, 7) is 0. The molecule has 4 nitrogen and oxygen atoms in total. The average molecular weight is 110 g/mol. The Hall–Kier alpha value is -0.510. The van der Waals surface area contributed by atoms with Crippen molar-refractivity contribution < 1.29 is 5.03 Å². The summed E-state index contributed by atoms with van der Waals surface area (Å²) in [5, 5.41) is 8.56. The van der Waals surface area contributed by atoms with Crippen LogP contribution in [0.1, 0.15) is 0 Å². The fourth-order valence-corrected chi connectivity index (χ4v) is 0. The Morgan fingerprint density at radius 3 is 2.17 bits per heavy atom. The largest absolute Gasteiger partial charge is 0.234 e. The zero-order chi connectivity index (χ0) is 5.15. The van der Waals surface area contributed by atoms with Gasteiger partial charge in [-0.15, -0.1) is 0 Å². The molecule has 5 heteroatoms. The maximum atomic E-state index is 9.30. The Morgan fingerprint density at radius 2 is 2.17 bits per heavy atom. The highest BCUT2D eigenvalue weighted by Crippen LogP contribution is 1.82. The summed E-state index contributed by atoms with van der Waals surface area (Å²) in [5.41, 5.74) is 0. The molecule has 0 radical (unpaired) electrons. The molecule has 0 spiro atoms. The molecule has 0 fully saturated rings. The van der Waals surface area contributed by atoms with Crippen LogP contribution in [0.3, 0.4) is 0 Å². The van der Waals surface area contributed by atoms with Crippen LogP contribution in [0.15, 0.2) is 0 Å². The van der Waals surface area contributed by atoms with Gasteiger partial charge in [0.1, 0.15) is 0 Å². The lowest BCUT2D eigenvalue weighted by Gasteiger charge is -1.90. The first kappa shape index (κ1) is 5.49. The lowest BCUT2D eigenvalue weighted by Crippen LogP contribution is -2.12. The van der Waals surface area contributed by atoms with Crippen molar-refractivity contribution in [3.8, 4) is 0 Å². The molecule has 36 valence electrons. The van der Waals surface area contributed by atoms with Gasteiger partial charge in [-0.2, -0.15) is 0 Å². The van der Waals surface area contributed by atoms with Crippen molar-refractivity contribution in [3.05, 3.63) is 10.1 Å². The van der Waals surface area contributed by atoms with Crippen LogP contribution in [0, 0.1) is 10.1 Å². The van der Waals surface area contributed by atoms with Gasteiger partial charge in [-0.25, -0.2) is 10.1 Å². The molecule has 0 heterocycles. The molecule has 0 aliphatic carbocycles. The van der Waals surface area contributed by atoms with E-state index in [0.29, 0.717) is 4.53 Å². The van der Waals surface area contributed by atoms with E-state index in [1.54, 1.807) is 0 Å². The van der Waals surface area contributed by atoms with Gasteiger partial charge in [0, 0.05) is 0 Å². The van der Waals surface area contributed by atoms with E-state index in [1.165, 1.54) is 0 Å². The predicted molar refractivity (Wildman–Crippen MR) is 20.6 cm³/mol. The van der Waals surface area contributed by atoms with Crippen LogP contribution in [0.4, 0.5) is 0 Å². The van der Waals surface area contributed by atoms with Gasteiger partial charge >= 0.3 is 0 Å². The van der Waals surface area contributed by atoms with Crippen LogP contribution >= 0.6 is 11.8 Å². The topological polar surface area (TPSA) is 46.4 Å². The first-order chi connectivity index (χ1) is 2.64. The van der Waals surface area contributed by atoms with Crippen LogP contribution < -0.4 is 0 Å². The summed E-state index contributed by atoms with van der Waals surface area (Å²) >= 11 is 4.75. The second kappa shape index (κ2) is 1.81.